The number of H-pyrrole nitrogens is 1. The zero-order valence-electron chi connectivity index (χ0n) is 14.8. The third-order valence-electron chi connectivity index (χ3n) is 5.28. The van der Waals surface area contributed by atoms with Crippen molar-refractivity contribution in [1.82, 2.24) is 19.9 Å². The van der Waals surface area contributed by atoms with Gasteiger partial charge in [-0.3, -0.25) is 14.2 Å². The molecule has 1 aliphatic heterocycles. The van der Waals surface area contributed by atoms with Gasteiger partial charge in [-0.05, 0) is 30.7 Å². The highest BCUT2D eigenvalue weighted by Crippen LogP contribution is 2.28. The Balaban J connectivity index is 1.70. The number of amides is 1. The van der Waals surface area contributed by atoms with Crippen LogP contribution in [0.25, 0.3) is 21.8 Å². The van der Waals surface area contributed by atoms with Crippen LogP contribution in [-0.4, -0.2) is 20.4 Å². The number of hydrogen-bond donors (Lipinski definition) is 2. The number of carbonyl (C=O) groups excluding carboxylic acids is 1. The summed E-state index contributed by atoms with van der Waals surface area (Å²) in [6.45, 7) is 1.85. The maximum absolute atomic E-state index is 13.2. The van der Waals surface area contributed by atoms with Crippen LogP contribution in [0.3, 0.4) is 0 Å². The van der Waals surface area contributed by atoms with Gasteiger partial charge in [0, 0.05) is 23.5 Å². The molecule has 0 saturated carbocycles. The SMILES string of the molecule is C[C@H]1NC(=O)[C@@H](Cc2c[nH]c3ccccc23)n2c1nc1ccccc1c2=O. The van der Waals surface area contributed by atoms with Gasteiger partial charge in [-0.15, -0.1) is 0 Å². The second-order valence-corrected chi connectivity index (χ2v) is 6.97. The van der Waals surface area contributed by atoms with Crippen LogP contribution < -0.4 is 10.9 Å². The van der Waals surface area contributed by atoms with Crippen LogP contribution in [-0.2, 0) is 11.2 Å². The van der Waals surface area contributed by atoms with E-state index in [4.69, 9.17) is 0 Å². The van der Waals surface area contributed by atoms with Crippen LogP contribution in [0.2, 0.25) is 0 Å². The highest BCUT2D eigenvalue weighted by molar-refractivity contribution is 5.87. The van der Waals surface area contributed by atoms with Crippen LogP contribution in [0, 0.1) is 0 Å². The molecule has 0 saturated heterocycles. The number of aromatic nitrogens is 3. The molecule has 0 aliphatic carbocycles. The summed E-state index contributed by atoms with van der Waals surface area (Å²) in [6, 6.07) is 14.3. The van der Waals surface area contributed by atoms with E-state index in [1.807, 2.05) is 55.6 Å². The minimum absolute atomic E-state index is 0.153. The predicted molar refractivity (Wildman–Crippen MR) is 104 cm³/mol. The molecule has 3 heterocycles. The number of para-hydroxylation sites is 2. The maximum atomic E-state index is 13.2. The molecule has 1 aliphatic rings. The molecule has 0 bridgehead atoms. The minimum atomic E-state index is -0.625. The summed E-state index contributed by atoms with van der Waals surface area (Å²) in [6.07, 6.45) is 2.34. The number of fused-ring (bicyclic) bond motifs is 3. The van der Waals surface area contributed by atoms with Gasteiger partial charge in [0.05, 0.1) is 16.9 Å². The van der Waals surface area contributed by atoms with Gasteiger partial charge in [0.15, 0.2) is 0 Å². The molecule has 27 heavy (non-hydrogen) atoms. The normalized spacial score (nSPS) is 19.2. The number of benzene rings is 2. The Morgan fingerprint density at radius 1 is 1.04 bits per heavy atom. The van der Waals surface area contributed by atoms with Gasteiger partial charge in [0.1, 0.15) is 11.9 Å². The molecule has 2 aromatic heterocycles. The summed E-state index contributed by atoms with van der Waals surface area (Å²) in [5, 5.41) is 4.56. The third-order valence-corrected chi connectivity index (χ3v) is 5.28. The van der Waals surface area contributed by atoms with Crippen molar-refractivity contribution in [2.75, 3.05) is 0 Å². The number of carbonyl (C=O) groups is 1. The van der Waals surface area contributed by atoms with Crippen LogP contribution in [0.15, 0.2) is 59.5 Å². The lowest BCUT2D eigenvalue weighted by Gasteiger charge is -2.31. The molecule has 0 unspecified atom stereocenters. The molecule has 2 atom stereocenters. The summed E-state index contributed by atoms with van der Waals surface area (Å²) in [7, 11) is 0. The summed E-state index contributed by atoms with van der Waals surface area (Å²) < 4.78 is 1.58. The average Bonchev–Trinajstić information content (AvgIpc) is 3.08. The molecule has 2 N–H and O–H groups in total. The Morgan fingerprint density at radius 2 is 1.78 bits per heavy atom. The van der Waals surface area contributed by atoms with Crippen LogP contribution >= 0.6 is 0 Å². The Hall–Kier alpha value is -3.41. The molecule has 6 heteroatoms. The second kappa shape index (κ2) is 5.81. The molecule has 1 amide bonds. The Kier molecular flexibility index (Phi) is 3.40. The molecule has 0 fully saturated rings. The minimum Gasteiger partial charge on any atom is -0.361 e. The highest BCUT2D eigenvalue weighted by Gasteiger charge is 2.34. The van der Waals surface area contributed by atoms with Crippen molar-refractivity contribution in [2.24, 2.45) is 0 Å². The molecule has 5 rings (SSSR count). The van der Waals surface area contributed by atoms with Crippen molar-refractivity contribution < 1.29 is 4.79 Å². The summed E-state index contributed by atoms with van der Waals surface area (Å²) >= 11 is 0. The number of rotatable bonds is 2. The Morgan fingerprint density at radius 3 is 2.63 bits per heavy atom. The van der Waals surface area contributed by atoms with Crippen molar-refractivity contribution in [3.05, 3.63) is 76.5 Å². The van der Waals surface area contributed by atoms with E-state index in [1.165, 1.54) is 0 Å². The Labute approximate surface area is 154 Å². The first-order chi connectivity index (χ1) is 13.1. The molecule has 2 aromatic carbocycles. The summed E-state index contributed by atoms with van der Waals surface area (Å²) in [5.41, 5.74) is 2.51. The van der Waals surface area contributed by atoms with Gasteiger partial charge in [-0.2, -0.15) is 0 Å². The monoisotopic (exact) mass is 358 g/mol. The van der Waals surface area contributed by atoms with Gasteiger partial charge in [0.25, 0.3) is 5.56 Å². The summed E-state index contributed by atoms with van der Waals surface area (Å²) in [4.78, 5) is 33.9. The fourth-order valence-corrected chi connectivity index (χ4v) is 3.95. The van der Waals surface area contributed by atoms with Crippen molar-refractivity contribution >= 4 is 27.7 Å². The topological polar surface area (TPSA) is 79.8 Å². The van der Waals surface area contributed by atoms with E-state index < -0.39 is 6.04 Å². The number of hydrogen-bond acceptors (Lipinski definition) is 3. The largest absolute Gasteiger partial charge is 0.361 e. The smallest absolute Gasteiger partial charge is 0.262 e. The van der Waals surface area contributed by atoms with Gasteiger partial charge in [0.2, 0.25) is 5.91 Å². The van der Waals surface area contributed by atoms with Crippen molar-refractivity contribution in [1.29, 1.82) is 0 Å². The maximum Gasteiger partial charge on any atom is 0.262 e. The van der Waals surface area contributed by atoms with Crippen molar-refractivity contribution in [3.63, 3.8) is 0 Å². The van der Waals surface area contributed by atoms with Crippen LogP contribution in [0.1, 0.15) is 30.4 Å². The molecule has 0 radical (unpaired) electrons. The molecule has 4 aromatic rings. The molecular formula is C21H18N4O2. The third kappa shape index (κ3) is 2.37. The number of aromatic amines is 1. The summed E-state index contributed by atoms with van der Waals surface area (Å²) in [5.74, 6) is 0.447. The van der Waals surface area contributed by atoms with Crippen LogP contribution in [0.5, 0.6) is 0 Å². The lowest BCUT2D eigenvalue weighted by atomic mass is 10.0. The lowest BCUT2D eigenvalue weighted by molar-refractivity contribution is -0.126. The van der Waals surface area contributed by atoms with Crippen molar-refractivity contribution in [2.45, 2.75) is 25.4 Å². The van der Waals surface area contributed by atoms with E-state index >= 15 is 0 Å². The van der Waals surface area contributed by atoms with Crippen LogP contribution in [0.4, 0.5) is 0 Å². The molecule has 6 nitrogen and oxygen atoms in total. The quantitative estimate of drug-likeness (QED) is 0.578. The van der Waals surface area contributed by atoms with Gasteiger partial charge >= 0.3 is 0 Å². The lowest BCUT2D eigenvalue weighted by Crippen LogP contribution is -2.47. The standard InChI is InChI=1S/C21H18N4O2/c1-12-19-24-17-9-5-3-7-15(17)21(27)25(19)18(20(26)23-12)10-13-11-22-16-8-4-2-6-14(13)16/h2-9,11-12,18,22H,10H2,1H3,(H,23,26)/t12-,18-/m1/s1. The fourth-order valence-electron chi connectivity index (χ4n) is 3.95. The van der Waals surface area contributed by atoms with E-state index in [9.17, 15) is 9.59 Å². The van der Waals surface area contributed by atoms with E-state index in [2.05, 4.69) is 15.3 Å². The fraction of sp³-hybridized carbons (Fsp3) is 0.190. The van der Waals surface area contributed by atoms with Crippen molar-refractivity contribution in [3.8, 4) is 0 Å². The van der Waals surface area contributed by atoms with E-state index in [0.29, 0.717) is 23.1 Å². The van der Waals surface area contributed by atoms with Gasteiger partial charge < -0.3 is 10.3 Å². The molecule has 134 valence electrons. The highest BCUT2D eigenvalue weighted by atomic mass is 16.2. The molecular weight excluding hydrogens is 340 g/mol. The van der Waals surface area contributed by atoms with E-state index in [-0.39, 0.29) is 17.5 Å². The predicted octanol–water partition coefficient (Wildman–Crippen LogP) is 2.85. The molecule has 0 spiro atoms. The number of nitrogens with zero attached hydrogens (tertiary/aromatic N) is 2. The zero-order chi connectivity index (χ0) is 18.5. The second-order valence-electron chi connectivity index (χ2n) is 6.97. The van der Waals surface area contributed by atoms with E-state index in [1.54, 1.807) is 10.6 Å². The number of nitrogens with one attached hydrogen (secondary N) is 2. The first-order valence-electron chi connectivity index (χ1n) is 9.00. The zero-order valence-corrected chi connectivity index (χ0v) is 14.8. The Bertz CT molecular complexity index is 1250. The first-order valence-corrected chi connectivity index (χ1v) is 9.00. The van der Waals surface area contributed by atoms with Gasteiger partial charge in [-0.25, -0.2) is 4.98 Å². The first kappa shape index (κ1) is 15.8. The van der Waals surface area contributed by atoms with Gasteiger partial charge in [-0.1, -0.05) is 30.3 Å². The average molecular weight is 358 g/mol. The van der Waals surface area contributed by atoms with E-state index in [0.717, 1.165) is 16.5 Å².